The number of hydrogen-bond acceptors (Lipinski definition) is 4. The van der Waals surface area contributed by atoms with Crippen LogP contribution in [-0.4, -0.2) is 41.4 Å². The second-order valence-electron chi connectivity index (χ2n) is 4.85. The standard InChI is InChI=1S/C13H20ClN3O2/c1-3-13(5-4-6-15-13)12(18)11-10(14)9-16-17(11)7-8-19-2/h9,15H,3-8H2,1-2H3. The maximum Gasteiger partial charge on any atom is 0.202 e. The Bertz CT molecular complexity index is 453. The van der Waals surface area contributed by atoms with Crippen LogP contribution in [0.2, 0.25) is 5.02 Å². The van der Waals surface area contributed by atoms with Crippen LogP contribution in [0.25, 0.3) is 0 Å². The van der Waals surface area contributed by atoms with Gasteiger partial charge in [-0.05, 0) is 25.8 Å². The molecule has 1 saturated heterocycles. The maximum absolute atomic E-state index is 12.8. The number of rotatable bonds is 6. The lowest BCUT2D eigenvalue weighted by Gasteiger charge is -2.26. The van der Waals surface area contributed by atoms with Gasteiger partial charge < -0.3 is 10.1 Å². The molecule has 19 heavy (non-hydrogen) atoms. The number of halogens is 1. The molecule has 0 bridgehead atoms. The summed E-state index contributed by atoms with van der Waals surface area (Å²) in [7, 11) is 1.62. The van der Waals surface area contributed by atoms with Crippen LogP contribution < -0.4 is 5.32 Å². The Kier molecular flexibility index (Phi) is 4.60. The van der Waals surface area contributed by atoms with Crippen molar-refractivity contribution < 1.29 is 9.53 Å². The largest absolute Gasteiger partial charge is 0.383 e. The van der Waals surface area contributed by atoms with E-state index in [2.05, 4.69) is 10.4 Å². The molecule has 2 rings (SSSR count). The Hall–Kier alpha value is -0.910. The summed E-state index contributed by atoms with van der Waals surface area (Å²) in [6.45, 7) is 3.94. The van der Waals surface area contributed by atoms with Gasteiger partial charge in [0, 0.05) is 7.11 Å². The highest BCUT2D eigenvalue weighted by atomic mass is 35.5. The fourth-order valence-electron chi connectivity index (χ4n) is 2.62. The highest BCUT2D eigenvalue weighted by Gasteiger charge is 2.41. The molecule has 0 spiro atoms. The quantitative estimate of drug-likeness (QED) is 0.811. The number of nitrogens with one attached hydrogen (secondary N) is 1. The lowest BCUT2D eigenvalue weighted by Crippen LogP contribution is -2.47. The zero-order chi connectivity index (χ0) is 13.9. The van der Waals surface area contributed by atoms with Gasteiger partial charge in [0.15, 0.2) is 0 Å². The van der Waals surface area contributed by atoms with Crippen LogP contribution in [0.15, 0.2) is 6.20 Å². The third-order valence-corrected chi connectivity index (χ3v) is 4.08. The summed E-state index contributed by atoms with van der Waals surface area (Å²) in [6, 6.07) is 0. The van der Waals surface area contributed by atoms with E-state index in [1.54, 1.807) is 11.8 Å². The second-order valence-corrected chi connectivity index (χ2v) is 5.26. The van der Waals surface area contributed by atoms with Crippen LogP contribution in [0, 0.1) is 0 Å². The molecule has 1 aromatic heterocycles. The van der Waals surface area contributed by atoms with Crippen LogP contribution in [0.5, 0.6) is 0 Å². The summed E-state index contributed by atoms with van der Waals surface area (Å²) in [6.07, 6.45) is 4.16. The van der Waals surface area contributed by atoms with Crippen molar-refractivity contribution in [2.24, 2.45) is 0 Å². The fourth-order valence-corrected chi connectivity index (χ4v) is 2.85. The Morgan fingerprint density at radius 2 is 2.47 bits per heavy atom. The number of ether oxygens (including phenoxy) is 1. The van der Waals surface area contributed by atoms with Crippen LogP contribution >= 0.6 is 11.6 Å². The lowest BCUT2D eigenvalue weighted by atomic mass is 9.87. The van der Waals surface area contributed by atoms with Crippen molar-refractivity contribution in [2.75, 3.05) is 20.3 Å². The van der Waals surface area contributed by atoms with Crippen molar-refractivity contribution >= 4 is 17.4 Å². The van der Waals surface area contributed by atoms with Gasteiger partial charge in [-0.2, -0.15) is 5.10 Å². The van der Waals surface area contributed by atoms with Gasteiger partial charge in [-0.15, -0.1) is 0 Å². The molecule has 1 aromatic rings. The number of methoxy groups -OCH3 is 1. The average molecular weight is 286 g/mol. The van der Waals surface area contributed by atoms with Crippen molar-refractivity contribution in [3.8, 4) is 0 Å². The van der Waals surface area contributed by atoms with Crippen molar-refractivity contribution in [3.05, 3.63) is 16.9 Å². The molecule has 1 atom stereocenters. The van der Waals surface area contributed by atoms with Crippen molar-refractivity contribution in [3.63, 3.8) is 0 Å². The second kappa shape index (κ2) is 6.03. The normalized spacial score (nSPS) is 22.9. The Balaban J connectivity index is 2.29. The molecule has 0 aliphatic carbocycles. The van der Waals surface area contributed by atoms with Crippen molar-refractivity contribution in [2.45, 2.75) is 38.3 Å². The molecule has 0 radical (unpaired) electrons. The molecule has 106 valence electrons. The molecule has 5 nitrogen and oxygen atoms in total. The van der Waals surface area contributed by atoms with Crippen LogP contribution in [0.1, 0.15) is 36.7 Å². The molecule has 1 aliphatic rings. The van der Waals surface area contributed by atoms with Gasteiger partial charge >= 0.3 is 0 Å². The first-order valence-corrected chi connectivity index (χ1v) is 7.02. The highest BCUT2D eigenvalue weighted by molar-refractivity contribution is 6.34. The monoisotopic (exact) mass is 285 g/mol. The van der Waals surface area contributed by atoms with Crippen LogP contribution in [-0.2, 0) is 11.3 Å². The minimum absolute atomic E-state index is 0.0473. The molecule has 0 amide bonds. The molecule has 2 heterocycles. The molecule has 0 aromatic carbocycles. The van der Waals surface area contributed by atoms with E-state index < -0.39 is 5.54 Å². The summed E-state index contributed by atoms with van der Waals surface area (Å²) in [5, 5.41) is 7.92. The zero-order valence-corrected chi connectivity index (χ0v) is 12.2. The Morgan fingerprint density at radius 3 is 3.05 bits per heavy atom. The number of ketones is 1. The minimum atomic E-state index is -0.478. The lowest BCUT2D eigenvalue weighted by molar-refractivity contribution is 0.0849. The maximum atomic E-state index is 12.8. The molecule has 1 fully saturated rings. The molecular formula is C13H20ClN3O2. The zero-order valence-electron chi connectivity index (χ0n) is 11.4. The summed E-state index contributed by atoms with van der Waals surface area (Å²) in [5.41, 5.74) is 0.0177. The molecule has 1 N–H and O–H groups in total. The SMILES string of the molecule is CCC1(C(=O)c2c(Cl)cnn2CCOC)CCCN1. The summed E-state index contributed by atoms with van der Waals surface area (Å²) in [4.78, 5) is 12.8. The van der Waals surface area contributed by atoms with Crippen LogP contribution in [0.4, 0.5) is 0 Å². The van der Waals surface area contributed by atoms with Gasteiger partial charge in [0.2, 0.25) is 5.78 Å². The van der Waals surface area contributed by atoms with E-state index in [4.69, 9.17) is 16.3 Å². The average Bonchev–Trinajstić information content (AvgIpc) is 3.03. The van der Waals surface area contributed by atoms with E-state index in [0.717, 1.165) is 25.8 Å². The summed E-state index contributed by atoms with van der Waals surface area (Å²) < 4.78 is 6.68. The number of carbonyl (C=O) groups is 1. The van der Waals surface area contributed by atoms with Crippen molar-refractivity contribution in [1.82, 2.24) is 15.1 Å². The summed E-state index contributed by atoms with van der Waals surface area (Å²) in [5.74, 6) is 0.0473. The topological polar surface area (TPSA) is 56.2 Å². The first kappa shape index (κ1) is 14.5. The smallest absolute Gasteiger partial charge is 0.202 e. The predicted octanol–water partition coefficient (Wildman–Crippen LogP) is 1.90. The van der Waals surface area contributed by atoms with E-state index in [1.807, 2.05) is 6.92 Å². The van der Waals surface area contributed by atoms with Gasteiger partial charge in [-0.3, -0.25) is 9.48 Å². The number of hydrogen-bond donors (Lipinski definition) is 1. The molecule has 6 heteroatoms. The Morgan fingerprint density at radius 1 is 1.68 bits per heavy atom. The Labute approximate surface area is 118 Å². The van der Waals surface area contributed by atoms with Gasteiger partial charge in [0.05, 0.1) is 29.9 Å². The van der Waals surface area contributed by atoms with Gasteiger partial charge in [-0.1, -0.05) is 18.5 Å². The van der Waals surface area contributed by atoms with Gasteiger partial charge in [-0.25, -0.2) is 0 Å². The highest BCUT2D eigenvalue weighted by Crippen LogP contribution is 2.30. The third-order valence-electron chi connectivity index (χ3n) is 3.80. The van der Waals surface area contributed by atoms with Gasteiger partial charge in [0.1, 0.15) is 5.69 Å². The first-order valence-electron chi connectivity index (χ1n) is 6.64. The van der Waals surface area contributed by atoms with Gasteiger partial charge in [0.25, 0.3) is 0 Å². The molecule has 0 saturated carbocycles. The molecule has 1 unspecified atom stereocenters. The van der Waals surface area contributed by atoms with E-state index in [9.17, 15) is 4.79 Å². The summed E-state index contributed by atoms with van der Waals surface area (Å²) >= 11 is 6.14. The van der Waals surface area contributed by atoms with E-state index >= 15 is 0 Å². The number of nitrogens with zero attached hydrogens (tertiary/aromatic N) is 2. The minimum Gasteiger partial charge on any atom is -0.383 e. The number of aromatic nitrogens is 2. The third kappa shape index (κ3) is 2.68. The van der Waals surface area contributed by atoms with E-state index in [0.29, 0.717) is 23.9 Å². The van der Waals surface area contributed by atoms with E-state index in [-0.39, 0.29) is 5.78 Å². The first-order chi connectivity index (χ1) is 9.14. The fraction of sp³-hybridized carbons (Fsp3) is 0.692. The van der Waals surface area contributed by atoms with Crippen LogP contribution in [0.3, 0.4) is 0 Å². The number of Topliss-reactive ketones (excluding diaryl/α,β-unsaturated/α-hetero) is 1. The number of carbonyl (C=O) groups excluding carboxylic acids is 1. The molecule has 1 aliphatic heterocycles. The van der Waals surface area contributed by atoms with Crippen molar-refractivity contribution in [1.29, 1.82) is 0 Å². The predicted molar refractivity (Wildman–Crippen MR) is 73.7 cm³/mol. The van der Waals surface area contributed by atoms with E-state index in [1.165, 1.54) is 6.20 Å². The molecular weight excluding hydrogens is 266 g/mol.